The molecule has 0 atom stereocenters. The van der Waals surface area contributed by atoms with Crippen molar-refractivity contribution in [3.63, 3.8) is 0 Å². The number of benzene rings is 2. The predicted octanol–water partition coefficient (Wildman–Crippen LogP) is 1.98. The molecule has 0 heterocycles. The van der Waals surface area contributed by atoms with Crippen LogP contribution in [0.1, 0.15) is 31.9 Å². The number of nitrogens with two attached hydrogens (primary N) is 2. The zero-order valence-electron chi connectivity index (χ0n) is 15.9. The maximum absolute atomic E-state index is 12.8. The average Bonchev–Trinajstić information content (AvgIpc) is 2.66. The third-order valence-corrected chi connectivity index (χ3v) is 5.76. The molecule has 0 saturated heterocycles. The molecule has 2 rings (SSSR count). The number of carbonyl (C=O) groups excluding carboxylic acids is 1. The Morgan fingerprint density at radius 3 is 2.00 bits per heavy atom. The van der Waals surface area contributed by atoms with Gasteiger partial charge in [0.1, 0.15) is 0 Å². The Labute approximate surface area is 163 Å². The standard InChI is InChI=1S/C18H23N5O4S/c1-18(2,3)14-6-10-16(11-7-14)28(26,27)23(20)15-8-4-13(5-9-15)12-17(24)22(19)21-25/h4-11H,12,19-20H2,1-3H3. The molecule has 150 valence electrons. The minimum atomic E-state index is -3.95. The first-order valence-corrected chi connectivity index (χ1v) is 9.81. The Morgan fingerprint density at radius 1 is 1.00 bits per heavy atom. The molecule has 0 aliphatic rings. The highest BCUT2D eigenvalue weighted by Crippen LogP contribution is 2.26. The van der Waals surface area contributed by atoms with Crippen LogP contribution < -0.4 is 16.1 Å². The molecule has 10 heteroatoms. The molecule has 1 amide bonds. The van der Waals surface area contributed by atoms with Crippen molar-refractivity contribution < 1.29 is 13.2 Å². The van der Waals surface area contributed by atoms with Crippen LogP contribution >= 0.6 is 0 Å². The Balaban J connectivity index is 2.21. The first-order chi connectivity index (χ1) is 13.0. The molecule has 0 aromatic heterocycles. The Kier molecular flexibility index (Phi) is 6.17. The summed E-state index contributed by atoms with van der Waals surface area (Å²) >= 11 is 0. The van der Waals surface area contributed by atoms with Gasteiger partial charge in [-0.2, -0.15) is 8.42 Å². The number of nitrogens with zero attached hydrogens (tertiary/aromatic N) is 3. The first-order valence-electron chi connectivity index (χ1n) is 8.37. The lowest BCUT2D eigenvalue weighted by molar-refractivity contribution is -0.130. The normalized spacial score (nSPS) is 11.8. The molecule has 0 aliphatic heterocycles. The summed E-state index contributed by atoms with van der Waals surface area (Å²) in [6.45, 7) is 6.10. The molecule has 0 fully saturated rings. The monoisotopic (exact) mass is 405 g/mol. The van der Waals surface area contributed by atoms with Crippen LogP contribution in [0.25, 0.3) is 0 Å². The van der Waals surface area contributed by atoms with Crippen LogP contribution in [0.3, 0.4) is 0 Å². The van der Waals surface area contributed by atoms with Crippen LogP contribution in [-0.4, -0.2) is 19.4 Å². The summed E-state index contributed by atoms with van der Waals surface area (Å²) in [4.78, 5) is 21.9. The minimum Gasteiger partial charge on any atom is -0.271 e. The number of carbonyl (C=O) groups is 1. The van der Waals surface area contributed by atoms with Gasteiger partial charge in [0.15, 0.2) is 0 Å². The molecule has 0 unspecified atom stereocenters. The number of rotatable bonds is 6. The lowest BCUT2D eigenvalue weighted by atomic mass is 9.87. The predicted molar refractivity (Wildman–Crippen MR) is 106 cm³/mol. The largest absolute Gasteiger partial charge is 0.277 e. The van der Waals surface area contributed by atoms with Gasteiger partial charge < -0.3 is 0 Å². The average molecular weight is 405 g/mol. The van der Waals surface area contributed by atoms with E-state index >= 15 is 0 Å². The summed E-state index contributed by atoms with van der Waals surface area (Å²) in [5, 5.41) is 2.52. The second kappa shape index (κ2) is 8.05. The lowest BCUT2D eigenvalue weighted by Crippen LogP contribution is -2.37. The van der Waals surface area contributed by atoms with Crippen molar-refractivity contribution in [1.29, 1.82) is 0 Å². The minimum absolute atomic E-state index is 0.0677. The zero-order valence-corrected chi connectivity index (χ0v) is 16.7. The topological polar surface area (TPSA) is 139 Å². The van der Waals surface area contributed by atoms with Crippen molar-refractivity contribution in [1.82, 2.24) is 5.12 Å². The van der Waals surface area contributed by atoms with Gasteiger partial charge >= 0.3 is 0 Å². The van der Waals surface area contributed by atoms with Gasteiger partial charge in [0.25, 0.3) is 15.9 Å². The van der Waals surface area contributed by atoms with Crippen LogP contribution in [0.15, 0.2) is 58.7 Å². The second-order valence-corrected chi connectivity index (χ2v) is 9.05. The molecule has 0 spiro atoms. The van der Waals surface area contributed by atoms with Crippen molar-refractivity contribution in [2.45, 2.75) is 37.5 Å². The molecule has 4 N–H and O–H groups in total. The molecule has 9 nitrogen and oxygen atoms in total. The van der Waals surface area contributed by atoms with E-state index in [0.29, 0.717) is 9.98 Å². The highest BCUT2D eigenvalue weighted by molar-refractivity contribution is 7.92. The summed E-state index contributed by atoms with van der Waals surface area (Å²) < 4.78 is 26.2. The van der Waals surface area contributed by atoms with Crippen molar-refractivity contribution >= 4 is 21.6 Å². The molecular weight excluding hydrogens is 382 g/mol. The number of sulfonamides is 1. The van der Waals surface area contributed by atoms with Gasteiger partial charge in [0, 0.05) is 0 Å². The smallest absolute Gasteiger partial charge is 0.271 e. The van der Waals surface area contributed by atoms with Crippen molar-refractivity contribution in [2.75, 3.05) is 4.41 Å². The Hall–Kier alpha value is -2.82. The van der Waals surface area contributed by atoms with Gasteiger partial charge in [-0.05, 0) is 40.8 Å². The molecule has 2 aromatic rings. The molecule has 28 heavy (non-hydrogen) atoms. The van der Waals surface area contributed by atoms with Crippen LogP contribution in [-0.2, 0) is 26.7 Å². The number of anilines is 1. The first kappa shape index (κ1) is 21.5. The molecule has 2 aromatic carbocycles. The third-order valence-electron chi connectivity index (χ3n) is 4.17. The Morgan fingerprint density at radius 2 is 1.54 bits per heavy atom. The van der Waals surface area contributed by atoms with Gasteiger partial charge in [-0.3, -0.25) is 4.79 Å². The van der Waals surface area contributed by atoms with E-state index in [1.54, 1.807) is 12.1 Å². The van der Waals surface area contributed by atoms with E-state index in [0.717, 1.165) is 5.56 Å². The maximum Gasteiger partial charge on any atom is 0.277 e. The molecule has 0 bridgehead atoms. The fraction of sp³-hybridized carbons (Fsp3) is 0.278. The summed E-state index contributed by atoms with van der Waals surface area (Å²) in [5.41, 5.74) is 1.64. The summed E-state index contributed by atoms with van der Waals surface area (Å²) in [7, 11) is -3.95. The quantitative estimate of drug-likeness (QED) is 0.326. The highest BCUT2D eigenvalue weighted by atomic mass is 32.2. The summed E-state index contributed by atoms with van der Waals surface area (Å²) in [5.74, 6) is 10.2. The third kappa shape index (κ3) is 4.71. The van der Waals surface area contributed by atoms with E-state index in [4.69, 9.17) is 11.7 Å². The van der Waals surface area contributed by atoms with Gasteiger partial charge in [0.05, 0.1) is 22.3 Å². The SMILES string of the molecule is CC(C)(C)c1ccc(S(=O)(=O)N(N)c2ccc(CC(=O)N(N)N=O)cc2)cc1. The fourth-order valence-electron chi connectivity index (χ4n) is 2.44. The van der Waals surface area contributed by atoms with E-state index in [1.165, 1.54) is 36.4 Å². The van der Waals surface area contributed by atoms with Crippen LogP contribution in [0, 0.1) is 4.91 Å². The van der Waals surface area contributed by atoms with E-state index in [1.807, 2.05) is 20.8 Å². The number of nitroso groups, excluding NO2 is 1. The fourth-order valence-corrected chi connectivity index (χ4v) is 3.55. The number of amides is 1. The van der Waals surface area contributed by atoms with E-state index in [9.17, 15) is 18.1 Å². The molecule has 0 saturated carbocycles. The van der Waals surface area contributed by atoms with E-state index in [-0.39, 0.29) is 27.5 Å². The summed E-state index contributed by atoms with van der Waals surface area (Å²) in [6, 6.07) is 12.5. The van der Waals surface area contributed by atoms with Crippen LogP contribution in [0.4, 0.5) is 5.69 Å². The van der Waals surface area contributed by atoms with Crippen molar-refractivity contribution in [3.8, 4) is 0 Å². The highest BCUT2D eigenvalue weighted by Gasteiger charge is 2.23. The van der Waals surface area contributed by atoms with Crippen molar-refractivity contribution in [2.24, 2.45) is 17.0 Å². The van der Waals surface area contributed by atoms with Crippen LogP contribution in [0.2, 0.25) is 0 Å². The molecule has 0 aliphatic carbocycles. The van der Waals surface area contributed by atoms with Gasteiger partial charge in [-0.15, -0.1) is 10.0 Å². The van der Waals surface area contributed by atoms with Gasteiger partial charge in [-0.1, -0.05) is 45.0 Å². The Bertz CT molecular complexity index is 951. The number of hydrazine groups is 2. The van der Waals surface area contributed by atoms with Gasteiger partial charge in [0.2, 0.25) is 0 Å². The van der Waals surface area contributed by atoms with Crippen LogP contribution in [0.5, 0.6) is 0 Å². The molecule has 0 radical (unpaired) electrons. The van der Waals surface area contributed by atoms with E-state index in [2.05, 4.69) is 5.29 Å². The summed E-state index contributed by atoms with van der Waals surface area (Å²) in [6.07, 6.45) is -0.159. The lowest BCUT2D eigenvalue weighted by Gasteiger charge is -2.21. The maximum atomic E-state index is 12.8. The molecular formula is C18H23N5O4S. The van der Waals surface area contributed by atoms with Crippen molar-refractivity contribution in [3.05, 3.63) is 64.6 Å². The van der Waals surface area contributed by atoms with E-state index < -0.39 is 15.9 Å². The number of hydrogen-bond donors (Lipinski definition) is 2. The second-order valence-electron chi connectivity index (χ2n) is 7.24. The zero-order chi connectivity index (χ0) is 21.1. The van der Waals surface area contributed by atoms with Gasteiger partial charge in [-0.25, -0.2) is 16.1 Å². The number of hydrogen-bond acceptors (Lipinski definition) is 7.